The highest BCUT2D eigenvalue weighted by atomic mass is 32.2. The Balaban J connectivity index is 2.24. The molecule has 2 aliphatic rings. The largest absolute Gasteiger partial charge is 0.507 e. The molecule has 2 aromatic carbocycles. The van der Waals surface area contributed by atoms with Crippen LogP contribution in [0.3, 0.4) is 0 Å². The highest BCUT2D eigenvalue weighted by molar-refractivity contribution is 7.98. The number of hydrogen-bond donors (Lipinski definition) is 4. The normalized spacial score (nSPS) is 12.0. The molecule has 0 saturated heterocycles. The molecule has 0 fully saturated rings. The van der Waals surface area contributed by atoms with Crippen molar-refractivity contribution in [1.82, 2.24) is 0 Å². The van der Waals surface area contributed by atoms with Crippen LogP contribution in [-0.4, -0.2) is 31.9 Å². The summed E-state index contributed by atoms with van der Waals surface area (Å²) in [4.78, 5) is 56.0. The minimum Gasteiger partial charge on any atom is -0.507 e. The van der Waals surface area contributed by atoms with Crippen LogP contribution < -0.4 is 21.7 Å². The van der Waals surface area contributed by atoms with Crippen molar-refractivity contribution >= 4 is 34.3 Å². The van der Waals surface area contributed by atoms with Gasteiger partial charge in [-0.05, 0) is 50.0 Å². The Bertz CT molecular complexity index is 2060. The lowest BCUT2D eigenvalue weighted by atomic mass is 9.80. The lowest BCUT2D eigenvalue weighted by Crippen LogP contribution is -2.38. The molecule has 2 aliphatic carbocycles. The van der Waals surface area contributed by atoms with Gasteiger partial charge < -0.3 is 20.4 Å². The third kappa shape index (κ3) is 6.22. The second-order valence-corrected chi connectivity index (χ2v) is 15.3. The van der Waals surface area contributed by atoms with Crippen molar-refractivity contribution in [3.8, 4) is 45.3 Å². The van der Waals surface area contributed by atoms with E-state index in [2.05, 4.69) is 6.92 Å². The van der Waals surface area contributed by atoms with Gasteiger partial charge in [-0.2, -0.15) is 23.5 Å². The Morgan fingerprint density at radius 1 is 0.521 bits per heavy atom. The van der Waals surface area contributed by atoms with Gasteiger partial charge >= 0.3 is 0 Å². The summed E-state index contributed by atoms with van der Waals surface area (Å²) in [7, 11) is 0. The monoisotopic (exact) mass is 694 g/mol. The maximum Gasteiger partial charge on any atom is 0.230 e. The van der Waals surface area contributed by atoms with Crippen molar-refractivity contribution in [3.63, 3.8) is 0 Å². The lowest BCUT2D eigenvalue weighted by molar-refractivity contribution is 0.395. The fourth-order valence-electron chi connectivity index (χ4n) is 6.60. The van der Waals surface area contributed by atoms with Crippen LogP contribution in [0.5, 0.6) is 23.0 Å². The SMILES string of the molecule is CCCCSCc1c2c(=O)c(-c3c(C)c(O)c4c(C(C)C)c(O)c(O)c(CSCCCC)c4c3O)c(C)c(=O)c-2c(C(C)C)c(=O)c1=O. The fourth-order valence-corrected chi connectivity index (χ4v) is 8.84. The zero-order valence-electron chi connectivity index (χ0n) is 29.0. The summed E-state index contributed by atoms with van der Waals surface area (Å²) in [6.45, 7) is 14.0. The molecule has 4 rings (SSSR count). The van der Waals surface area contributed by atoms with Crippen LogP contribution in [0.15, 0.2) is 19.2 Å². The number of phenolic OH excluding ortho intramolecular Hbond substituents is 4. The first-order valence-electron chi connectivity index (χ1n) is 16.6. The summed E-state index contributed by atoms with van der Waals surface area (Å²) in [6, 6.07) is 0. The van der Waals surface area contributed by atoms with Crippen LogP contribution in [0, 0.1) is 13.8 Å². The minimum atomic E-state index is -0.808. The first kappa shape index (κ1) is 37.3. The van der Waals surface area contributed by atoms with Gasteiger partial charge in [0.1, 0.15) is 11.5 Å². The number of fused-ring (bicyclic) bond motifs is 2. The van der Waals surface area contributed by atoms with Crippen molar-refractivity contribution < 1.29 is 20.4 Å². The second kappa shape index (κ2) is 14.9. The molecule has 8 nitrogen and oxygen atoms in total. The minimum absolute atomic E-state index is 0.00437. The molecule has 0 amide bonds. The third-order valence-electron chi connectivity index (χ3n) is 9.15. The predicted octanol–water partition coefficient (Wildman–Crippen LogP) is 7.68. The maximum absolute atomic E-state index is 14.8. The van der Waals surface area contributed by atoms with Gasteiger partial charge in [0, 0.05) is 77.9 Å². The summed E-state index contributed by atoms with van der Waals surface area (Å²) >= 11 is 2.90. The van der Waals surface area contributed by atoms with Crippen LogP contribution >= 0.6 is 23.5 Å². The highest BCUT2D eigenvalue weighted by Gasteiger charge is 2.34. The highest BCUT2D eigenvalue weighted by Crippen LogP contribution is 2.54. The topological polar surface area (TPSA) is 149 Å². The van der Waals surface area contributed by atoms with Gasteiger partial charge in [0.05, 0.1) is 0 Å². The molecule has 258 valence electrons. The summed E-state index contributed by atoms with van der Waals surface area (Å²) in [5.74, 6) is -0.715. The first-order valence-corrected chi connectivity index (χ1v) is 18.9. The molecule has 0 atom stereocenters. The van der Waals surface area contributed by atoms with Gasteiger partial charge in [-0.1, -0.05) is 54.4 Å². The molecule has 0 spiro atoms. The average molecular weight is 695 g/mol. The Morgan fingerprint density at radius 2 is 1.06 bits per heavy atom. The van der Waals surface area contributed by atoms with Crippen molar-refractivity contribution in [2.75, 3.05) is 11.5 Å². The van der Waals surface area contributed by atoms with Crippen molar-refractivity contribution in [2.45, 2.75) is 104 Å². The van der Waals surface area contributed by atoms with Crippen LogP contribution in [0.25, 0.3) is 33.0 Å². The molecule has 0 radical (unpaired) electrons. The van der Waals surface area contributed by atoms with Crippen LogP contribution in [0.2, 0.25) is 0 Å². The number of hydrogen-bond acceptors (Lipinski definition) is 10. The van der Waals surface area contributed by atoms with E-state index in [4.69, 9.17) is 0 Å². The van der Waals surface area contributed by atoms with Crippen LogP contribution in [-0.2, 0) is 11.5 Å². The molecule has 0 aromatic heterocycles. The zero-order chi connectivity index (χ0) is 35.8. The molecule has 0 bridgehead atoms. The standard InChI is InChI=1S/C38H46O8S2/c1-9-11-13-47-15-21-27-29(23(17(3)4)37(45)33(21)41)31(39)19(7)25(35(27)43)26-20(8)32(40)30-24(18(5)6)38(46)34(42)22(28(30)36(26)44)16-48-14-12-10-2/h17-18,39,41,43,45H,9-16H2,1-8H3. The smallest absolute Gasteiger partial charge is 0.230 e. The fraction of sp³-hybridized carbons (Fsp3) is 0.474. The van der Waals surface area contributed by atoms with Gasteiger partial charge in [-0.15, -0.1) is 0 Å². The van der Waals surface area contributed by atoms with E-state index in [0.29, 0.717) is 5.75 Å². The molecule has 48 heavy (non-hydrogen) atoms. The Kier molecular flexibility index (Phi) is 11.6. The molecular formula is C38H46O8S2. The Morgan fingerprint density at radius 3 is 1.58 bits per heavy atom. The summed E-state index contributed by atoms with van der Waals surface area (Å²) < 4.78 is 0. The van der Waals surface area contributed by atoms with Gasteiger partial charge in [-0.25, -0.2) is 0 Å². The van der Waals surface area contributed by atoms with Crippen molar-refractivity contribution in [3.05, 3.63) is 74.3 Å². The van der Waals surface area contributed by atoms with Gasteiger partial charge in [0.15, 0.2) is 22.4 Å². The average Bonchev–Trinajstić information content (AvgIpc) is 3.03. The maximum atomic E-state index is 14.8. The van der Waals surface area contributed by atoms with E-state index in [1.165, 1.54) is 37.4 Å². The third-order valence-corrected chi connectivity index (χ3v) is 11.3. The van der Waals surface area contributed by atoms with Crippen molar-refractivity contribution in [1.29, 1.82) is 0 Å². The van der Waals surface area contributed by atoms with E-state index in [0.717, 1.165) is 31.4 Å². The molecule has 0 saturated carbocycles. The molecule has 10 heteroatoms. The number of aromatic hydroxyl groups is 4. The molecule has 0 unspecified atom stereocenters. The summed E-state index contributed by atoms with van der Waals surface area (Å²) in [6.07, 6.45) is 3.66. The summed E-state index contributed by atoms with van der Waals surface area (Å²) in [5, 5.41) is 46.6. The quantitative estimate of drug-likeness (QED) is 0.0475. The van der Waals surface area contributed by atoms with Crippen LogP contribution in [0.1, 0.15) is 112 Å². The number of phenols is 4. The first-order chi connectivity index (χ1) is 22.6. The predicted molar refractivity (Wildman–Crippen MR) is 200 cm³/mol. The van der Waals surface area contributed by atoms with E-state index in [-0.39, 0.29) is 95.3 Å². The van der Waals surface area contributed by atoms with E-state index in [9.17, 15) is 39.6 Å². The van der Waals surface area contributed by atoms with E-state index < -0.39 is 39.1 Å². The number of thioether (sulfide) groups is 2. The Labute approximate surface area is 289 Å². The van der Waals surface area contributed by atoms with E-state index in [1.54, 1.807) is 27.7 Å². The second-order valence-electron chi connectivity index (χ2n) is 13.1. The molecule has 0 heterocycles. The van der Waals surface area contributed by atoms with Crippen molar-refractivity contribution in [2.24, 2.45) is 0 Å². The molecule has 2 aromatic rings. The van der Waals surface area contributed by atoms with Gasteiger partial charge in [0.2, 0.25) is 10.9 Å². The number of unbranched alkanes of at least 4 members (excludes halogenated alkanes) is 2. The van der Waals surface area contributed by atoms with E-state index >= 15 is 0 Å². The van der Waals surface area contributed by atoms with Crippen LogP contribution in [0.4, 0.5) is 0 Å². The molecule has 4 N–H and O–H groups in total. The molecule has 0 aliphatic heterocycles. The van der Waals surface area contributed by atoms with E-state index in [1.807, 2.05) is 6.92 Å². The van der Waals surface area contributed by atoms with Gasteiger partial charge in [-0.3, -0.25) is 19.2 Å². The number of rotatable bonds is 13. The zero-order valence-corrected chi connectivity index (χ0v) is 30.7. The summed E-state index contributed by atoms with van der Waals surface area (Å²) in [5.41, 5.74) is -2.82. The Hall–Kier alpha value is -3.50. The number of benzene rings is 4. The molecular weight excluding hydrogens is 649 g/mol. The lowest BCUT2D eigenvalue weighted by Gasteiger charge is -2.24. The van der Waals surface area contributed by atoms with Gasteiger partial charge in [0.25, 0.3) is 0 Å².